The van der Waals surface area contributed by atoms with E-state index in [9.17, 15) is 4.79 Å². The van der Waals surface area contributed by atoms with Gasteiger partial charge < -0.3 is 15.1 Å². The molecule has 0 aromatic heterocycles. The Hall–Kier alpha value is -0.320. The Labute approximate surface area is 147 Å². The summed E-state index contributed by atoms with van der Waals surface area (Å²) < 4.78 is 0. The van der Waals surface area contributed by atoms with Gasteiger partial charge in [0, 0.05) is 45.7 Å². The van der Waals surface area contributed by atoms with Crippen LogP contribution in [0.2, 0.25) is 0 Å². The zero-order valence-corrected chi connectivity index (χ0v) is 15.3. The molecule has 0 aromatic rings. The highest BCUT2D eigenvalue weighted by atomic mass is 35.5. The van der Waals surface area contributed by atoms with Crippen molar-refractivity contribution in [3.63, 3.8) is 0 Å². The predicted octanol–water partition coefficient (Wildman–Crippen LogP) is 2.67. The largest absolute Gasteiger partial charge is 0.340 e. The Morgan fingerprint density at radius 1 is 0.913 bits per heavy atom. The zero-order valence-electron chi connectivity index (χ0n) is 14.5. The quantitative estimate of drug-likeness (QED) is 0.855. The van der Waals surface area contributed by atoms with Gasteiger partial charge in [0.2, 0.25) is 5.91 Å². The lowest BCUT2D eigenvalue weighted by molar-refractivity contribution is -0.132. The Balaban J connectivity index is 0.00000192. The summed E-state index contributed by atoms with van der Waals surface area (Å²) in [5, 5.41) is 3.32. The first kappa shape index (κ1) is 19.0. The number of halogens is 1. The van der Waals surface area contributed by atoms with Gasteiger partial charge in [-0.05, 0) is 37.6 Å². The minimum absolute atomic E-state index is 0. The lowest BCUT2D eigenvalue weighted by atomic mass is 9.74. The highest BCUT2D eigenvalue weighted by Crippen LogP contribution is 2.42. The maximum absolute atomic E-state index is 12.3. The highest BCUT2D eigenvalue weighted by molar-refractivity contribution is 5.85. The molecule has 0 aromatic carbocycles. The number of rotatable bonds is 3. The summed E-state index contributed by atoms with van der Waals surface area (Å²) in [4.78, 5) is 17.0. The molecule has 3 aliphatic rings. The molecular formula is C18H34ClN3O. The highest BCUT2D eigenvalue weighted by Gasteiger charge is 2.35. The Bertz CT molecular complexity index is 363. The van der Waals surface area contributed by atoms with Crippen LogP contribution in [0.3, 0.4) is 0 Å². The van der Waals surface area contributed by atoms with E-state index in [-0.39, 0.29) is 12.4 Å². The molecule has 5 heteroatoms. The standard InChI is InChI=1S/C18H33N3O.ClH/c22-17(21-14-10-19-11-15-21)6-13-20-12-5-9-18(16-20)7-3-1-2-4-8-18;/h19H,1-16H2;1H. The van der Waals surface area contributed by atoms with Crippen molar-refractivity contribution in [3.8, 4) is 0 Å². The van der Waals surface area contributed by atoms with Crippen molar-refractivity contribution < 1.29 is 4.79 Å². The summed E-state index contributed by atoms with van der Waals surface area (Å²) in [6, 6.07) is 0. The summed E-state index contributed by atoms with van der Waals surface area (Å²) in [6.45, 7) is 7.13. The summed E-state index contributed by atoms with van der Waals surface area (Å²) in [5.74, 6) is 0.363. The molecule has 2 saturated heterocycles. The molecule has 0 unspecified atom stereocenters. The van der Waals surface area contributed by atoms with Crippen LogP contribution in [0, 0.1) is 5.41 Å². The molecular weight excluding hydrogens is 310 g/mol. The Kier molecular flexibility index (Phi) is 7.64. The van der Waals surface area contributed by atoms with Gasteiger partial charge in [-0.15, -0.1) is 12.4 Å². The average Bonchev–Trinajstić information content (AvgIpc) is 2.79. The van der Waals surface area contributed by atoms with Crippen molar-refractivity contribution in [1.82, 2.24) is 15.1 Å². The normalized spacial score (nSPS) is 25.7. The van der Waals surface area contributed by atoms with Gasteiger partial charge in [0.15, 0.2) is 0 Å². The molecule has 2 aliphatic heterocycles. The Morgan fingerprint density at radius 2 is 1.57 bits per heavy atom. The third-order valence-electron chi connectivity index (χ3n) is 6.02. The number of nitrogens with zero attached hydrogens (tertiary/aromatic N) is 2. The van der Waals surface area contributed by atoms with Gasteiger partial charge in [0.1, 0.15) is 0 Å². The van der Waals surface area contributed by atoms with Crippen molar-refractivity contribution >= 4 is 18.3 Å². The fourth-order valence-corrected chi connectivity index (χ4v) is 4.71. The molecule has 3 fully saturated rings. The number of amides is 1. The van der Waals surface area contributed by atoms with Gasteiger partial charge in [-0.25, -0.2) is 0 Å². The van der Waals surface area contributed by atoms with Crippen molar-refractivity contribution in [1.29, 1.82) is 0 Å². The minimum atomic E-state index is 0. The molecule has 0 atom stereocenters. The molecule has 2 heterocycles. The first-order valence-corrected chi connectivity index (χ1v) is 9.48. The van der Waals surface area contributed by atoms with E-state index < -0.39 is 0 Å². The molecule has 3 rings (SSSR count). The van der Waals surface area contributed by atoms with Crippen LogP contribution in [-0.4, -0.2) is 61.5 Å². The third-order valence-corrected chi connectivity index (χ3v) is 6.02. The SMILES string of the molecule is Cl.O=C(CCN1CCCC2(CCCCCC2)C1)N1CCNCC1. The van der Waals surface area contributed by atoms with E-state index in [1.807, 2.05) is 4.90 Å². The van der Waals surface area contributed by atoms with E-state index in [0.717, 1.165) is 39.1 Å². The topological polar surface area (TPSA) is 35.6 Å². The molecule has 0 bridgehead atoms. The van der Waals surface area contributed by atoms with Crippen LogP contribution < -0.4 is 5.32 Å². The van der Waals surface area contributed by atoms with Gasteiger partial charge in [0.05, 0.1) is 0 Å². The number of hydrogen-bond donors (Lipinski definition) is 1. The van der Waals surface area contributed by atoms with Gasteiger partial charge in [-0.2, -0.15) is 0 Å². The van der Waals surface area contributed by atoms with Crippen LogP contribution >= 0.6 is 12.4 Å². The van der Waals surface area contributed by atoms with Gasteiger partial charge in [0.25, 0.3) is 0 Å². The smallest absolute Gasteiger partial charge is 0.223 e. The van der Waals surface area contributed by atoms with Crippen LogP contribution in [0.25, 0.3) is 0 Å². The number of piperidine rings is 1. The van der Waals surface area contributed by atoms with Crippen molar-refractivity contribution in [2.45, 2.75) is 57.8 Å². The molecule has 0 radical (unpaired) electrons. The van der Waals surface area contributed by atoms with E-state index in [0.29, 0.717) is 11.3 Å². The van der Waals surface area contributed by atoms with Gasteiger partial charge in [-0.3, -0.25) is 4.79 Å². The van der Waals surface area contributed by atoms with Crippen LogP contribution in [0.1, 0.15) is 57.8 Å². The van der Waals surface area contributed by atoms with E-state index in [2.05, 4.69) is 10.2 Å². The number of nitrogens with one attached hydrogen (secondary N) is 1. The summed E-state index contributed by atoms with van der Waals surface area (Å²) >= 11 is 0. The number of likely N-dealkylation sites (tertiary alicyclic amines) is 1. The average molecular weight is 344 g/mol. The number of piperazine rings is 1. The first-order chi connectivity index (χ1) is 10.8. The number of carbonyl (C=O) groups is 1. The van der Waals surface area contributed by atoms with Gasteiger partial charge in [-0.1, -0.05) is 25.7 Å². The fraction of sp³-hybridized carbons (Fsp3) is 0.944. The second kappa shape index (κ2) is 9.24. The summed E-state index contributed by atoms with van der Waals surface area (Å²) in [7, 11) is 0. The van der Waals surface area contributed by atoms with E-state index in [4.69, 9.17) is 0 Å². The third kappa shape index (κ3) is 5.33. The minimum Gasteiger partial charge on any atom is -0.340 e. The van der Waals surface area contributed by atoms with Crippen LogP contribution in [0.4, 0.5) is 0 Å². The molecule has 1 spiro atoms. The number of carbonyl (C=O) groups excluding carboxylic acids is 1. The monoisotopic (exact) mass is 343 g/mol. The lowest BCUT2D eigenvalue weighted by Gasteiger charge is -2.43. The second-order valence-electron chi connectivity index (χ2n) is 7.67. The predicted molar refractivity (Wildman–Crippen MR) is 97.1 cm³/mol. The zero-order chi connectivity index (χ0) is 15.3. The molecule has 1 saturated carbocycles. The molecule has 134 valence electrons. The van der Waals surface area contributed by atoms with E-state index in [1.165, 1.54) is 64.5 Å². The molecule has 1 aliphatic carbocycles. The fourth-order valence-electron chi connectivity index (χ4n) is 4.71. The van der Waals surface area contributed by atoms with Crippen molar-refractivity contribution in [2.75, 3.05) is 45.8 Å². The van der Waals surface area contributed by atoms with Crippen molar-refractivity contribution in [2.24, 2.45) is 5.41 Å². The van der Waals surface area contributed by atoms with Crippen LogP contribution in [-0.2, 0) is 4.79 Å². The second-order valence-corrected chi connectivity index (χ2v) is 7.67. The lowest BCUT2D eigenvalue weighted by Crippen LogP contribution is -2.48. The summed E-state index contributed by atoms with van der Waals surface area (Å²) in [6.07, 6.45) is 12.0. The molecule has 23 heavy (non-hydrogen) atoms. The molecule has 4 nitrogen and oxygen atoms in total. The van der Waals surface area contributed by atoms with Crippen molar-refractivity contribution in [3.05, 3.63) is 0 Å². The number of hydrogen-bond acceptors (Lipinski definition) is 3. The molecule has 1 amide bonds. The van der Waals surface area contributed by atoms with E-state index >= 15 is 0 Å². The maximum Gasteiger partial charge on any atom is 0.223 e. The van der Waals surface area contributed by atoms with Crippen LogP contribution in [0.5, 0.6) is 0 Å². The summed E-state index contributed by atoms with van der Waals surface area (Å²) in [5.41, 5.74) is 0.590. The Morgan fingerprint density at radius 3 is 2.26 bits per heavy atom. The van der Waals surface area contributed by atoms with E-state index in [1.54, 1.807) is 0 Å². The maximum atomic E-state index is 12.3. The first-order valence-electron chi connectivity index (χ1n) is 9.48. The van der Waals surface area contributed by atoms with Gasteiger partial charge >= 0.3 is 0 Å². The van der Waals surface area contributed by atoms with Crippen LogP contribution in [0.15, 0.2) is 0 Å². The molecule has 1 N–H and O–H groups in total.